The molecule has 0 bridgehead atoms. The Morgan fingerprint density at radius 1 is 1.41 bits per heavy atom. The van der Waals surface area contributed by atoms with Crippen LogP contribution in [-0.2, 0) is 4.74 Å². The SMILES string of the molecule is C=C.CC.CC(C)(C)OC(=O)NC(CO)CF. The van der Waals surface area contributed by atoms with E-state index in [0.717, 1.165) is 0 Å². The standard InChI is InChI=1S/C8H16FNO3.C2H6.C2H4/c1-8(2,3)13-7(12)10-6(4-9)5-11;2*1-2/h6,11H,4-5H2,1-3H3,(H,10,12);1-2H3;1-2H2. The summed E-state index contributed by atoms with van der Waals surface area (Å²) in [5.41, 5.74) is -0.611. The highest BCUT2D eigenvalue weighted by Crippen LogP contribution is 2.06. The van der Waals surface area contributed by atoms with Crippen molar-refractivity contribution in [3.05, 3.63) is 13.2 Å². The molecule has 0 fully saturated rings. The van der Waals surface area contributed by atoms with E-state index in [9.17, 15) is 9.18 Å². The first-order valence-corrected chi connectivity index (χ1v) is 5.55. The lowest BCUT2D eigenvalue weighted by Gasteiger charge is -2.21. The summed E-state index contributed by atoms with van der Waals surface area (Å²) in [6.45, 7) is 13.9. The summed E-state index contributed by atoms with van der Waals surface area (Å²) in [6.07, 6.45) is -0.718. The highest BCUT2D eigenvalue weighted by molar-refractivity contribution is 5.68. The van der Waals surface area contributed by atoms with Gasteiger partial charge in [0.1, 0.15) is 12.3 Å². The van der Waals surface area contributed by atoms with Crippen molar-refractivity contribution in [3.8, 4) is 0 Å². The van der Waals surface area contributed by atoms with E-state index in [1.54, 1.807) is 20.8 Å². The molecule has 104 valence electrons. The van der Waals surface area contributed by atoms with Gasteiger partial charge in [0, 0.05) is 0 Å². The quantitative estimate of drug-likeness (QED) is 0.758. The summed E-state index contributed by atoms with van der Waals surface area (Å²) >= 11 is 0. The smallest absolute Gasteiger partial charge is 0.408 e. The van der Waals surface area contributed by atoms with Crippen molar-refractivity contribution in [2.75, 3.05) is 13.3 Å². The molecule has 5 heteroatoms. The fourth-order valence-corrected chi connectivity index (χ4v) is 0.607. The van der Waals surface area contributed by atoms with Gasteiger partial charge in [0.15, 0.2) is 0 Å². The van der Waals surface area contributed by atoms with Crippen LogP contribution in [0.15, 0.2) is 13.2 Å². The molecule has 0 saturated heterocycles. The number of rotatable bonds is 3. The van der Waals surface area contributed by atoms with Gasteiger partial charge in [-0.1, -0.05) is 13.8 Å². The molecular formula is C12H26FNO3. The van der Waals surface area contributed by atoms with Crippen molar-refractivity contribution in [2.45, 2.75) is 46.3 Å². The van der Waals surface area contributed by atoms with E-state index in [2.05, 4.69) is 18.5 Å². The maximum Gasteiger partial charge on any atom is 0.408 e. The average Bonchev–Trinajstić information content (AvgIpc) is 2.29. The Balaban J connectivity index is -0.000000439. The zero-order valence-electron chi connectivity index (χ0n) is 11.5. The molecule has 0 aliphatic rings. The third kappa shape index (κ3) is 17.5. The van der Waals surface area contributed by atoms with Crippen LogP contribution in [0.3, 0.4) is 0 Å². The van der Waals surface area contributed by atoms with Gasteiger partial charge in [-0.3, -0.25) is 0 Å². The maximum atomic E-state index is 12.0. The maximum absolute atomic E-state index is 12.0. The molecule has 0 heterocycles. The van der Waals surface area contributed by atoms with Crippen LogP contribution in [0.5, 0.6) is 0 Å². The molecule has 1 amide bonds. The molecule has 0 aliphatic carbocycles. The Morgan fingerprint density at radius 3 is 2.06 bits per heavy atom. The molecular weight excluding hydrogens is 225 g/mol. The highest BCUT2D eigenvalue weighted by atomic mass is 19.1. The molecule has 0 saturated carbocycles. The largest absolute Gasteiger partial charge is 0.444 e. The van der Waals surface area contributed by atoms with Gasteiger partial charge in [0.2, 0.25) is 0 Å². The third-order valence-electron chi connectivity index (χ3n) is 1.13. The lowest BCUT2D eigenvalue weighted by Crippen LogP contribution is -2.42. The van der Waals surface area contributed by atoms with Crippen LogP contribution in [0.2, 0.25) is 0 Å². The molecule has 0 aromatic heterocycles. The third-order valence-corrected chi connectivity index (χ3v) is 1.13. The first-order valence-electron chi connectivity index (χ1n) is 5.55. The van der Waals surface area contributed by atoms with E-state index in [0.29, 0.717) is 0 Å². The first-order chi connectivity index (χ1) is 7.89. The number of alkyl carbamates (subject to hydrolysis) is 1. The molecule has 1 unspecified atom stereocenters. The number of aliphatic hydroxyl groups excluding tert-OH is 1. The molecule has 0 spiro atoms. The Morgan fingerprint density at radius 2 is 1.82 bits per heavy atom. The fraction of sp³-hybridized carbons (Fsp3) is 0.750. The highest BCUT2D eigenvalue weighted by Gasteiger charge is 2.18. The van der Waals surface area contributed by atoms with Crippen LogP contribution in [0.4, 0.5) is 9.18 Å². The molecule has 0 aromatic rings. The van der Waals surface area contributed by atoms with Crippen molar-refractivity contribution in [1.82, 2.24) is 5.32 Å². The normalized spacial score (nSPS) is 11.0. The van der Waals surface area contributed by atoms with Gasteiger partial charge in [-0.15, -0.1) is 13.2 Å². The van der Waals surface area contributed by atoms with Crippen LogP contribution >= 0.6 is 0 Å². The number of hydrogen-bond acceptors (Lipinski definition) is 3. The predicted octanol–water partition coefficient (Wildman–Crippen LogP) is 2.67. The minimum absolute atomic E-state index is 0.435. The van der Waals surface area contributed by atoms with Gasteiger partial charge in [0.25, 0.3) is 0 Å². The van der Waals surface area contributed by atoms with E-state index in [1.165, 1.54) is 0 Å². The molecule has 17 heavy (non-hydrogen) atoms. The average molecular weight is 251 g/mol. The molecule has 1 atom stereocenters. The minimum atomic E-state index is -0.880. The van der Waals surface area contributed by atoms with Crippen LogP contribution in [0.25, 0.3) is 0 Å². The van der Waals surface area contributed by atoms with Crippen LogP contribution < -0.4 is 5.32 Å². The molecule has 0 radical (unpaired) electrons. The molecule has 0 aromatic carbocycles. The number of carbonyl (C=O) groups is 1. The Bertz CT molecular complexity index is 177. The number of halogens is 1. The Kier molecular flexibility index (Phi) is 16.2. The van der Waals surface area contributed by atoms with Gasteiger partial charge in [0.05, 0.1) is 12.6 Å². The lowest BCUT2D eigenvalue weighted by atomic mass is 10.2. The first kappa shape index (κ1) is 21.2. The summed E-state index contributed by atoms with van der Waals surface area (Å²) < 4.78 is 16.9. The number of aliphatic hydroxyl groups is 1. The number of alkyl halides is 1. The Labute approximate surface area is 104 Å². The second kappa shape index (κ2) is 13.0. The summed E-state index contributed by atoms with van der Waals surface area (Å²) in [5, 5.41) is 10.7. The molecule has 2 N–H and O–H groups in total. The molecule has 0 aliphatic heterocycles. The van der Waals surface area contributed by atoms with Gasteiger partial charge in [-0.05, 0) is 20.8 Å². The number of nitrogens with one attached hydrogen (secondary N) is 1. The zero-order chi connectivity index (χ0) is 14.5. The predicted molar refractivity (Wildman–Crippen MR) is 68.8 cm³/mol. The lowest BCUT2D eigenvalue weighted by molar-refractivity contribution is 0.0471. The van der Waals surface area contributed by atoms with Crippen LogP contribution in [-0.4, -0.2) is 36.1 Å². The summed E-state index contributed by atoms with van der Waals surface area (Å²) in [4.78, 5) is 11.0. The van der Waals surface area contributed by atoms with Crippen molar-refractivity contribution in [3.63, 3.8) is 0 Å². The second-order valence-electron chi connectivity index (χ2n) is 3.68. The monoisotopic (exact) mass is 251 g/mol. The van der Waals surface area contributed by atoms with Gasteiger partial charge < -0.3 is 15.2 Å². The summed E-state index contributed by atoms with van der Waals surface area (Å²) in [6, 6.07) is -0.880. The molecule has 0 rings (SSSR count). The topological polar surface area (TPSA) is 58.6 Å². The van der Waals surface area contributed by atoms with E-state index in [1.807, 2.05) is 13.8 Å². The van der Waals surface area contributed by atoms with Crippen molar-refractivity contribution in [2.24, 2.45) is 0 Å². The Hall–Kier alpha value is -1.10. The number of hydrogen-bond donors (Lipinski definition) is 2. The summed E-state index contributed by atoms with van der Waals surface area (Å²) in [7, 11) is 0. The van der Waals surface area contributed by atoms with Crippen LogP contribution in [0, 0.1) is 0 Å². The number of ether oxygens (including phenoxy) is 1. The minimum Gasteiger partial charge on any atom is -0.444 e. The number of carbonyl (C=O) groups excluding carboxylic acids is 1. The zero-order valence-corrected chi connectivity index (χ0v) is 11.5. The van der Waals surface area contributed by atoms with Gasteiger partial charge in [-0.25, -0.2) is 9.18 Å². The van der Waals surface area contributed by atoms with Crippen molar-refractivity contribution < 1.29 is 19.0 Å². The van der Waals surface area contributed by atoms with E-state index < -0.39 is 31.0 Å². The van der Waals surface area contributed by atoms with Crippen molar-refractivity contribution >= 4 is 6.09 Å². The van der Waals surface area contributed by atoms with E-state index in [-0.39, 0.29) is 0 Å². The van der Waals surface area contributed by atoms with Gasteiger partial charge in [-0.2, -0.15) is 0 Å². The van der Waals surface area contributed by atoms with Gasteiger partial charge >= 0.3 is 6.09 Å². The van der Waals surface area contributed by atoms with E-state index >= 15 is 0 Å². The molecule has 4 nitrogen and oxygen atoms in total. The van der Waals surface area contributed by atoms with Crippen molar-refractivity contribution in [1.29, 1.82) is 0 Å². The fourth-order valence-electron chi connectivity index (χ4n) is 0.607. The van der Waals surface area contributed by atoms with E-state index in [4.69, 9.17) is 9.84 Å². The van der Waals surface area contributed by atoms with Crippen LogP contribution in [0.1, 0.15) is 34.6 Å². The summed E-state index contributed by atoms with van der Waals surface area (Å²) in [5.74, 6) is 0. The number of amides is 1. The second-order valence-corrected chi connectivity index (χ2v) is 3.68.